The van der Waals surface area contributed by atoms with E-state index in [9.17, 15) is 4.79 Å². The normalized spacial score (nSPS) is 10.4. The maximum absolute atomic E-state index is 12.4. The summed E-state index contributed by atoms with van der Waals surface area (Å²) in [4.78, 5) is 21.0. The number of nitrogens with zero attached hydrogens (tertiary/aromatic N) is 2. The number of carbonyl (C=O) groups is 1. The van der Waals surface area contributed by atoms with Crippen molar-refractivity contribution in [1.29, 1.82) is 0 Å². The van der Waals surface area contributed by atoms with Crippen molar-refractivity contribution in [3.05, 3.63) is 47.3 Å². The van der Waals surface area contributed by atoms with Gasteiger partial charge in [-0.2, -0.15) is 0 Å². The number of anilines is 1. The molecule has 0 atom stereocenters. The third-order valence-corrected chi connectivity index (χ3v) is 3.77. The van der Waals surface area contributed by atoms with E-state index >= 15 is 0 Å². The summed E-state index contributed by atoms with van der Waals surface area (Å²) < 4.78 is 10.3. The van der Waals surface area contributed by atoms with Gasteiger partial charge in [-0.15, -0.1) is 0 Å². The molecule has 1 heterocycles. The minimum Gasteiger partial charge on any atom is -0.496 e. The van der Waals surface area contributed by atoms with Crippen molar-refractivity contribution in [2.75, 3.05) is 39.2 Å². The fourth-order valence-electron chi connectivity index (χ4n) is 2.49. The van der Waals surface area contributed by atoms with E-state index < -0.39 is 0 Å². The zero-order valence-electron chi connectivity index (χ0n) is 15.5. The monoisotopic (exact) mass is 358 g/mol. The molecule has 2 N–H and O–H groups in total. The summed E-state index contributed by atoms with van der Waals surface area (Å²) in [6, 6.07) is 9.45. The number of methoxy groups -OCH3 is 2. The number of hydrogen-bond acceptors (Lipinski definition) is 6. The Hall–Kier alpha value is -2.67. The summed E-state index contributed by atoms with van der Waals surface area (Å²) in [5.41, 5.74) is 2.14. The first-order chi connectivity index (χ1) is 12.6. The molecule has 0 radical (unpaired) electrons. The number of hydrogen-bond donors (Lipinski definition) is 2. The molecule has 0 aliphatic rings. The van der Waals surface area contributed by atoms with E-state index in [0.29, 0.717) is 37.8 Å². The molecule has 0 aliphatic heterocycles. The van der Waals surface area contributed by atoms with Crippen LogP contribution in [0.3, 0.4) is 0 Å². The molecular formula is C19H26N4O3. The highest BCUT2D eigenvalue weighted by molar-refractivity contribution is 5.92. The first-order valence-corrected chi connectivity index (χ1v) is 8.62. The molecule has 7 heteroatoms. The zero-order valence-corrected chi connectivity index (χ0v) is 15.5. The molecule has 2 aromatic rings. The van der Waals surface area contributed by atoms with Crippen LogP contribution in [0.15, 0.2) is 30.3 Å². The third kappa shape index (κ3) is 6.00. The first-order valence-electron chi connectivity index (χ1n) is 8.62. The van der Waals surface area contributed by atoms with E-state index in [-0.39, 0.29) is 5.91 Å². The predicted octanol–water partition coefficient (Wildman–Crippen LogP) is 2.21. The Labute approximate surface area is 154 Å². The van der Waals surface area contributed by atoms with Gasteiger partial charge in [-0.3, -0.25) is 4.79 Å². The van der Waals surface area contributed by atoms with Gasteiger partial charge >= 0.3 is 0 Å². The van der Waals surface area contributed by atoms with E-state index in [1.807, 2.05) is 31.2 Å². The van der Waals surface area contributed by atoms with Gasteiger partial charge in [0.2, 0.25) is 5.95 Å². The van der Waals surface area contributed by atoms with E-state index in [1.165, 1.54) is 0 Å². The van der Waals surface area contributed by atoms with Crippen molar-refractivity contribution in [2.24, 2.45) is 0 Å². The number of carbonyl (C=O) groups excluding carboxylic acids is 1. The fraction of sp³-hybridized carbons (Fsp3) is 0.421. The van der Waals surface area contributed by atoms with Crippen LogP contribution in [0.4, 0.5) is 5.95 Å². The molecule has 0 unspecified atom stereocenters. The molecule has 1 amide bonds. The van der Waals surface area contributed by atoms with Crippen LogP contribution in [0.1, 0.15) is 28.2 Å². The van der Waals surface area contributed by atoms with E-state index in [1.54, 1.807) is 20.3 Å². The number of benzene rings is 1. The van der Waals surface area contributed by atoms with Crippen molar-refractivity contribution in [3.63, 3.8) is 0 Å². The van der Waals surface area contributed by atoms with Crippen LogP contribution in [0.25, 0.3) is 0 Å². The highest BCUT2D eigenvalue weighted by atomic mass is 16.5. The number of aryl methyl sites for hydroxylation is 1. The summed E-state index contributed by atoms with van der Waals surface area (Å²) in [5, 5.41) is 6.01. The second-order valence-electron chi connectivity index (χ2n) is 5.81. The Morgan fingerprint density at radius 1 is 1.15 bits per heavy atom. The lowest BCUT2D eigenvalue weighted by atomic mass is 10.1. The lowest BCUT2D eigenvalue weighted by molar-refractivity contribution is 0.0949. The van der Waals surface area contributed by atoms with Gasteiger partial charge < -0.3 is 20.1 Å². The standard InChI is InChI=1S/C19H26N4O3/c1-14-13-16(23-19(22-14)21-10-6-12-25-2)18(24)20-11-9-15-7-4-5-8-17(15)26-3/h4-5,7-8,13H,6,9-12H2,1-3H3,(H,20,24)(H,21,22,23). The fourth-order valence-corrected chi connectivity index (χ4v) is 2.49. The van der Waals surface area contributed by atoms with Gasteiger partial charge in [-0.05, 0) is 37.5 Å². The average Bonchev–Trinajstić information content (AvgIpc) is 2.65. The molecular weight excluding hydrogens is 332 g/mol. The van der Waals surface area contributed by atoms with Crippen molar-refractivity contribution >= 4 is 11.9 Å². The molecule has 0 fully saturated rings. The third-order valence-electron chi connectivity index (χ3n) is 3.77. The van der Waals surface area contributed by atoms with Crippen LogP contribution in [-0.4, -0.2) is 49.8 Å². The van der Waals surface area contributed by atoms with Crippen LogP contribution in [0.2, 0.25) is 0 Å². The van der Waals surface area contributed by atoms with Gasteiger partial charge in [0.05, 0.1) is 7.11 Å². The first kappa shape index (κ1) is 19.7. The Bertz CT molecular complexity index is 722. The van der Waals surface area contributed by atoms with Gasteiger partial charge in [-0.25, -0.2) is 9.97 Å². The molecule has 0 saturated carbocycles. The molecule has 0 aliphatic carbocycles. The van der Waals surface area contributed by atoms with E-state index in [4.69, 9.17) is 9.47 Å². The zero-order chi connectivity index (χ0) is 18.8. The number of ether oxygens (including phenoxy) is 2. The summed E-state index contributed by atoms with van der Waals surface area (Å²) in [6.45, 7) is 3.69. The Balaban J connectivity index is 1.91. The van der Waals surface area contributed by atoms with Crippen LogP contribution < -0.4 is 15.4 Å². The minimum absolute atomic E-state index is 0.217. The van der Waals surface area contributed by atoms with Crippen LogP contribution in [0.5, 0.6) is 5.75 Å². The van der Waals surface area contributed by atoms with Crippen molar-refractivity contribution < 1.29 is 14.3 Å². The second-order valence-corrected chi connectivity index (χ2v) is 5.81. The number of rotatable bonds is 10. The molecule has 26 heavy (non-hydrogen) atoms. The van der Waals surface area contributed by atoms with Crippen molar-refractivity contribution in [2.45, 2.75) is 19.8 Å². The van der Waals surface area contributed by atoms with Gasteiger partial charge in [0.25, 0.3) is 5.91 Å². The molecule has 7 nitrogen and oxygen atoms in total. The molecule has 2 rings (SSSR count). The quantitative estimate of drug-likeness (QED) is 0.634. The number of para-hydroxylation sites is 1. The Morgan fingerprint density at radius 2 is 1.96 bits per heavy atom. The minimum atomic E-state index is -0.217. The maximum atomic E-state index is 12.4. The summed E-state index contributed by atoms with van der Waals surface area (Å²) in [6.07, 6.45) is 1.52. The number of nitrogens with one attached hydrogen (secondary N) is 2. The SMILES string of the molecule is COCCCNc1nc(C)cc(C(=O)NCCc2ccccc2OC)n1. The molecule has 1 aromatic carbocycles. The highest BCUT2D eigenvalue weighted by Crippen LogP contribution is 2.17. The van der Waals surface area contributed by atoms with E-state index in [0.717, 1.165) is 23.4 Å². The van der Waals surface area contributed by atoms with Crippen LogP contribution in [-0.2, 0) is 11.2 Å². The van der Waals surface area contributed by atoms with Crippen molar-refractivity contribution in [3.8, 4) is 5.75 Å². The summed E-state index contributed by atoms with van der Waals surface area (Å²) in [7, 11) is 3.30. The van der Waals surface area contributed by atoms with Gasteiger partial charge in [0.15, 0.2) is 0 Å². The molecule has 140 valence electrons. The predicted molar refractivity (Wildman–Crippen MR) is 101 cm³/mol. The average molecular weight is 358 g/mol. The van der Waals surface area contributed by atoms with Crippen molar-refractivity contribution in [1.82, 2.24) is 15.3 Å². The van der Waals surface area contributed by atoms with E-state index in [2.05, 4.69) is 20.6 Å². The topological polar surface area (TPSA) is 85.4 Å². The molecule has 0 saturated heterocycles. The van der Waals surface area contributed by atoms with Crippen LogP contribution >= 0.6 is 0 Å². The second kappa shape index (κ2) is 10.4. The van der Waals surface area contributed by atoms with Gasteiger partial charge in [0.1, 0.15) is 11.4 Å². The lowest BCUT2D eigenvalue weighted by Gasteiger charge is -2.10. The number of amides is 1. The molecule has 0 bridgehead atoms. The van der Waals surface area contributed by atoms with Gasteiger partial charge in [0, 0.05) is 32.5 Å². The smallest absolute Gasteiger partial charge is 0.270 e. The Kier molecular flexibility index (Phi) is 7.82. The number of aromatic nitrogens is 2. The largest absolute Gasteiger partial charge is 0.496 e. The Morgan fingerprint density at radius 3 is 2.73 bits per heavy atom. The molecule has 0 spiro atoms. The summed E-state index contributed by atoms with van der Waals surface area (Å²) >= 11 is 0. The summed E-state index contributed by atoms with van der Waals surface area (Å²) in [5.74, 6) is 1.06. The highest BCUT2D eigenvalue weighted by Gasteiger charge is 2.11. The van der Waals surface area contributed by atoms with Gasteiger partial charge in [-0.1, -0.05) is 18.2 Å². The molecule has 1 aromatic heterocycles. The maximum Gasteiger partial charge on any atom is 0.270 e. The van der Waals surface area contributed by atoms with Crippen LogP contribution in [0, 0.1) is 6.92 Å². The lowest BCUT2D eigenvalue weighted by Crippen LogP contribution is -2.27.